The van der Waals surface area contributed by atoms with Gasteiger partial charge in [-0.1, -0.05) is 54.6 Å². The lowest BCUT2D eigenvalue weighted by molar-refractivity contribution is -0.121. The number of nitrogens with one attached hydrogen (secondary N) is 2. The van der Waals surface area contributed by atoms with E-state index in [4.69, 9.17) is 4.74 Å². The van der Waals surface area contributed by atoms with E-state index in [0.29, 0.717) is 28.7 Å². The molecule has 1 heterocycles. The van der Waals surface area contributed by atoms with Crippen LogP contribution in [0.5, 0.6) is 0 Å². The first-order valence-electron chi connectivity index (χ1n) is 12.2. The average Bonchev–Trinajstić information content (AvgIpc) is 2.94. The molecule has 0 radical (unpaired) electrons. The van der Waals surface area contributed by atoms with Gasteiger partial charge in [0, 0.05) is 40.9 Å². The van der Waals surface area contributed by atoms with E-state index >= 15 is 0 Å². The number of anilines is 2. The zero-order valence-corrected chi connectivity index (χ0v) is 22.2. The van der Waals surface area contributed by atoms with Gasteiger partial charge in [0.1, 0.15) is 6.61 Å². The number of pyridine rings is 1. The maximum absolute atomic E-state index is 13.2. The van der Waals surface area contributed by atoms with Gasteiger partial charge < -0.3 is 15.0 Å². The zero-order chi connectivity index (χ0) is 26.7. The van der Waals surface area contributed by atoms with Crippen LogP contribution in [0.4, 0.5) is 16.2 Å². The number of aromatic nitrogens is 1. The maximum atomic E-state index is 13.2. The molecule has 9 heteroatoms. The second-order valence-electron chi connectivity index (χ2n) is 8.43. The van der Waals surface area contributed by atoms with Gasteiger partial charge in [-0.15, -0.1) is 0 Å². The normalized spacial score (nSPS) is 10.6. The molecule has 0 atom stereocenters. The van der Waals surface area contributed by atoms with E-state index in [0.717, 1.165) is 16.5 Å². The first kappa shape index (κ1) is 26.8. The summed E-state index contributed by atoms with van der Waals surface area (Å²) in [6.07, 6.45) is 3.22. The third kappa shape index (κ3) is 7.39. The topological polar surface area (TPSA) is 101 Å². The van der Waals surface area contributed by atoms with Gasteiger partial charge in [-0.25, -0.2) is 4.79 Å². The van der Waals surface area contributed by atoms with Crippen LogP contribution in [0.1, 0.15) is 23.2 Å². The van der Waals surface area contributed by atoms with Gasteiger partial charge in [0.2, 0.25) is 5.91 Å². The Bertz CT molecular complexity index is 1410. The number of halogens is 1. The van der Waals surface area contributed by atoms with Crippen LogP contribution in [0.2, 0.25) is 0 Å². The first-order chi connectivity index (χ1) is 18.5. The molecule has 194 valence electrons. The second-order valence-corrected chi connectivity index (χ2v) is 9.34. The highest BCUT2D eigenvalue weighted by Crippen LogP contribution is 2.23. The fraction of sp³-hybridized carbons (Fsp3) is 0.172. The smallest absolute Gasteiger partial charge is 0.411 e. The van der Waals surface area contributed by atoms with E-state index in [1.165, 1.54) is 6.20 Å². The Hall–Kier alpha value is -4.24. The molecule has 0 bridgehead atoms. The molecule has 4 rings (SSSR count). The summed E-state index contributed by atoms with van der Waals surface area (Å²) in [5.41, 5.74) is 1.85. The minimum Gasteiger partial charge on any atom is -0.447 e. The zero-order valence-electron chi connectivity index (χ0n) is 20.6. The summed E-state index contributed by atoms with van der Waals surface area (Å²) in [5.74, 6) is -0.386. The monoisotopic (exact) mass is 574 g/mol. The molecular formula is C29H27BrN4O4. The Morgan fingerprint density at radius 3 is 2.50 bits per heavy atom. The minimum absolute atomic E-state index is 0.0346. The fourth-order valence-corrected chi connectivity index (χ4v) is 4.31. The quantitative estimate of drug-likeness (QED) is 0.233. The number of benzene rings is 3. The van der Waals surface area contributed by atoms with Crippen molar-refractivity contribution >= 4 is 56.0 Å². The lowest BCUT2D eigenvalue weighted by atomic mass is 10.1. The number of nitrogens with zero attached hydrogens (tertiary/aromatic N) is 2. The van der Waals surface area contributed by atoms with E-state index in [9.17, 15) is 14.4 Å². The van der Waals surface area contributed by atoms with Gasteiger partial charge in [-0.2, -0.15) is 0 Å². The molecule has 0 aliphatic carbocycles. The van der Waals surface area contributed by atoms with E-state index in [1.807, 2.05) is 72.8 Å². The molecule has 3 aromatic carbocycles. The van der Waals surface area contributed by atoms with Crippen molar-refractivity contribution in [3.8, 4) is 0 Å². The van der Waals surface area contributed by atoms with Crippen molar-refractivity contribution in [3.63, 3.8) is 0 Å². The van der Waals surface area contributed by atoms with Crippen LogP contribution < -0.4 is 15.5 Å². The van der Waals surface area contributed by atoms with Crippen LogP contribution in [0.25, 0.3) is 10.8 Å². The van der Waals surface area contributed by atoms with Gasteiger partial charge in [-0.3, -0.25) is 19.9 Å². The minimum atomic E-state index is -0.588. The van der Waals surface area contributed by atoms with Crippen molar-refractivity contribution in [2.45, 2.75) is 12.8 Å². The largest absolute Gasteiger partial charge is 0.447 e. The molecule has 0 saturated heterocycles. The highest BCUT2D eigenvalue weighted by molar-refractivity contribution is 9.10. The average molecular weight is 575 g/mol. The van der Waals surface area contributed by atoms with E-state index in [-0.39, 0.29) is 31.4 Å². The molecule has 0 aliphatic rings. The first-order valence-corrected chi connectivity index (χ1v) is 13.0. The van der Waals surface area contributed by atoms with Crippen molar-refractivity contribution in [2.75, 3.05) is 29.9 Å². The predicted molar refractivity (Wildman–Crippen MR) is 151 cm³/mol. The number of amides is 3. The standard InChI is InChI=1S/C29H27BrN4O4/c30-23-18-22(19-31-20-23)28(36)34(24-10-2-1-3-11-24)16-7-14-27(35)32-15-17-38-29(37)33-26-13-6-9-21-8-4-5-12-25(21)26/h1-6,8-13,18-20H,7,14-17H2,(H,32,35)(H,33,37). The van der Waals surface area contributed by atoms with Crippen LogP contribution in [0, 0.1) is 0 Å². The lowest BCUT2D eigenvalue weighted by Crippen LogP contribution is -2.33. The van der Waals surface area contributed by atoms with Crippen LogP contribution in [-0.4, -0.2) is 42.6 Å². The van der Waals surface area contributed by atoms with Crippen molar-refractivity contribution in [1.29, 1.82) is 0 Å². The molecule has 1 aromatic heterocycles. The molecule has 0 spiro atoms. The van der Waals surface area contributed by atoms with Gasteiger partial charge in [0.15, 0.2) is 0 Å². The Morgan fingerprint density at radius 2 is 1.68 bits per heavy atom. The fourth-order valence-electron chi connectivity index (χ4n) is 3.94. The third-order valence-corrected chi connectivity index (χ3v) is 6.17. The Balaban J connectivity index is 1.21. The second kappa shape index (κ2) is 13.3. The van der Waals surface area contributed by atoms with Gasteiger partial charge >= 0.3 is 6.09 Å². The van der Waals surface area contributed by atoms with Gasteiger partial charge in [0.25, 0.3) is 5.91 Å². The van der Waals surface area contributed by atoms with Crippen LogP contribution in [0.15, 0.2) is 95.7 Å². The number of ether oxygens (including phenoxy) is 1. The van der Waals surface area contributed by atoms with Crippen molar-refractivity contribution in [3.05, 3.63) is 101 Å². The van der Waals surface area contributed by atoms with E-state index in [1.54, 1.807) is 17.2 Å². The molecule has 4 aromatic rings. The summed E-state index contributed by atoms with van der Waals surface area (Å²) in [7, 11) is 0. The van der Waals surface area contributed by atoms with E-state index < -0.39 is 6.09 Å². The summed E-state index contributed by atoms with van der Waals surface area (Å²) in [6, 6.07) is 24.4. The molecule has 0 fully saturated rings. The predicted octanol–water partition coefficient (Wildman–Crippen LogP) is 5.79. The molecule has 0 saturated carbocycles. The molecule has 2 N–H and O–H groups in total. The number of carbonyl (C=O) groups is 3. The number of para-hydroxylation sites is 1. The number of rotatable bonds is 10. The maximum Gasteiger partial charge on any atom is 0.411 e. The lowest BCUT2D eigenvalue weighted by Gasteiger charge is -2.23. The van der Waals surface area contributed by atoms with Crippen LogP contribution in [0.3, 0.4) is 0 Å². The molecular weight excluding hydrogens is 548 g/mol. The van der Waals surface area contributed by atoms with Crippen molar-refractivity contribution in [2.24, 2.45) is 0 Å². The summed E-state index contributed by atoms with van der Waals surface area (Å²) >= 11 is 3.35. The number of carbonyl (C=O) groups excluding carboxylic acids is 3. The van der Waals surface area contributed by atoms with Gasteiger partial charge in [0.05, 0.1) is 17.8 Å². The third-order valence-electron chi connectivity index (χ3n) is 5.73. The van der Waals surface area contributed by atoms with Crippen LogP contribution in [-0.2, 0) is 9.53 Å². The van der Waals surface area contributed by atoms with E-state index in [2.05, 4.69) is 31.5 Å². The van der Waals surface area contributed by atoms with Crippen molar-refractivity contribution in [1.82, 2.24) is 10.3 Å². The Labute approximate surface area is 229 Å². The molecule has 38 heavy (non-hydrogen) atoms. The summed E-state index contributed by atoms with van der Waals surface area (Å²) in [5, 5.41) is 7.42. The summed E-state index contributed by atoms with van der Waals surface area (Å²) in [4.78, 5) is 43.4. The molecule has 3 amide bonds. The highest BCUT2D eigenvalue weighted by atomic mass is 79.9. The molecule has 0 unspecified atom stereocenters. The molecule has 8 nitrogen and oxygen atoms in total. The SMILES string of the molecule is O=C(CCCN(C(=O)c1cncc(Br)c1)c1ccccc1)NCCOC(=O)Nc1cccc2ccccc12. The van der Waals surface area contributed by atoms with Crippen molar-refractivity contribution < 1.29 is 19.1 Å². The summed E-state index contributed by atoms with van der Waals surface area (Å²) in [6.45, 7) is 0.576. The summed E-state index contributed by atoms with van der Waals surface area (Å²) < 4.78 is 5.92. The Kier molecular flexibility index (Phi) is 9.42. The molecule has 0 aliphatic heterocycles. The number of hydrogen-bond donors (Lipinski definition) is 2. The van der Waals surface area contributed by atoms with Crippen LogP contribution >= 0.6 is 15.9 Å². The van der Waals surface area contributed by atoms with Gasteiger partial charge in [-0.05, 0) is 52.0 Å². The Morgan fingerprint density at radius 1 is 0.921 bits per heavy atom. The number of fused-ring (bicyclic) bond motifs is 1. The number of hydrogen-bond acceptors (Lipinski definition) is 5. The highest BCUT2D eigenvalue weighted by Gasteiger charge is 2.18.